The summed E-state index contributed by atoms with van der Waals surface area (Å²) in [6.45, 7) is 6.68. The van der Waals surface area contributed by atoms with Crippen LogP contribution in [0.25, 0.3) is 0 Å². The van der Waals surface area contributed by atoms with Crippen molar-refractivity contribution < 1.29 is 0 Å². The molecule has 0 spiro atoms. The molecule has 0 aromatic heterocycles. The van der Waals surface area contributed by atoms with Crippen LogP contribution < -0.4 is 10.2 Å². The van der Waals surface area contributed by atoms with Gasteiger partial charge in [-0.2, -0.15) is 0 Å². The Morgan fingerprint density at radius 2 is 2.16 bits per heavy atom. The Labute approximate surface area is 125 Å². The van der Waals surface area contributed by atoms with Crippen molar-refractivity contribution >= 4 is 21.6 Å². The third-order valence-corrected chi connectivity index (χ3v) is 3.98. The quantitative estimate of drug-likeness (QED) is 0.920. The normalized spacial score (nSPS) is 24.6. The fourth-order valence-corrected chi connectivity index (χ4v) is 3.05. The smallest absolute Gasteiger partial charge is 0.0378 e. The highest BCUT2D eigenvalue weighted by Gasteiger charge is 2.22. The molecular formula is C15H24BrN3. The van der Waals surface area contributed by atoms with Crippen LogP contribution in [0.5, 0.6) is 0 Å². The summed E-state index contributed by atoms with van der Waals surface area (Å²) in [7, 11) is 4.28. The van der Waals surface area contributed by atoms with Crippen molar-refractivity contribution in [1.82, 2.24) is 10.2 Å². The van der Waals surface area contributed by atoms with Crippen LogP contribution >= 0.6 is 15.9 Å². The van der Waals surface area contributed by atoms with E-state index >= 15 is 0 Å². The molecule has 0 radical (unpaired) electrons. The van der Waals surface area contributed by atoms with E-state index in [0.717, 1.165) is 30.7 Å². The highest BCUT2D eigenvalue weighted by atomic mass is 79.9. The van der Waals surface area contributed by atoms with Crippen LogP contribution in [0, 0.1) is 5.92 Å². The maximum Gasteiger partial charge on any atom is 0.0378 e. The van der Waals surface area contributed by atoms with Crippen LogP contribution in [-0.2, 0) is 0 Å². The zero-order chi connectivity index (χ0) is 13.8. The maximum absolute atomic E-state index is 3.68. The summed E-state index contributed by atoms with van der Waals surface area (Å²) < 4.78 is 1.15. The predicted molar refractivity (Wildman–Crippen MR) is 85.9 cm³/mol. The molecule has 0 saturated carbocycles. The van der Waals surface area contributed by atoms with Gasteiger partial charge in [0.25, 0.3) is 0 Å². The number of anilines is 1. The van der Waals surface area contributed by atoms with Gasteiger partial charge in [0.2, 0.25) is 0 Å². The summed E-state index contributed by atoms with van der Waals surface area (Å²) in [5.41, 5.74) is 1.31. The zero-order valence-electron chi connectivity index (χ0n) is 12.1. The van der Waals surface area contributed by atoms with Gasteiger partial charge < -0.3 is 15.1 Å². The second-order valence-electron chi connectivity index (χ2n) is 5.86. The van der Waals surface area contributed by atoms with Gasteiger partial charge in [-0.1, -0.05) is 28.9 Å². The monoisotopic (exact) mass is 325 g/mol. The van der Waals surface area contributed by atoms with Crippen LogP contribution in [0.2, 0.25) is 0 Å². The van der Waals surface area contributed by atoms with E-state index in [1.165, 1.54) is 5.69 Å². The third-order valence-electron chi connectivity index (χ3n) is 3.49. The number of nitrogens with one attached hydrogen (secondary N) is 1. The number of hydrogen-bond donors (Lipinski definition) is 1. The molecule has 0 aliphatic carbocycles. The summed E-state index contributed by atoms with van der Waals surface area (Å²) in [6, 6.07) is 9.14. The maximum atomic E-state index is 3.68. The molecule has 2 atom stereocenters. The van der Waals surface area contributed by atoms with E-state index in [2.05, 4.69) is 76.3 Å². The number of rotatable bonds is 3. The molecule has 1 fully saturated rings. The second kappa shape index (κ2) is 6.73. The van der Waals surface area contributed by atoms with Crippen molar-refractivity contribution in [1.29, 1.82) is 0 Å². The van der Waals surface area contributed by atoms with E-state index in [4.69, 9.17) is 0 Å². The van der Waals surface area contributed by atoms with Crippen molar-refractivity contribution in [3.05, 3.63) is 28.7 Å². The van der Waals surface area contributed by atoms with E-state index in [-0.39, 0.29) is 0 Å². The average Bonchev–Trinajstić information content (AvgIpc) is 2.51. The molecule has 1 aromatic rings. The molecule has 19 heavy (non-hydrogen) atoms. The summed E-state index contributed by atoms with van der Waals surface area (Å²) in [5, 5.41) is 3.68. The molecule has 1 N–H and O–H groups in total. The van der Waals surface area contributed by atoms with Crippen molar-refractivity contribution in [3.8, 4) is 0 Å². The first-order valence-electron chi connectivity index (χ1n) is 6.93. The van der Waals surface area contributed by atoms with Gasteiger partial charge in [-0.15, -0.1) is 0 Å². The van der Waals surface area contributed by atoms with Gasteiger partial charge in [-0.25, -0.2) is 0 Å². The van der Waals surface area contributed by atoms with Crippen LogP contribution in [0.4, 0.5) is 5.69 Å². The Bertz CT molecular complexity index is 408. The fraction of sp³-hybridized carbons (Fsp3) is 0.600. The molecule has 4 heteroatoms. The van der Waals surface area contributed by atoms with E-state index in [1.807, 2.05) is 0 Å². The summed E-state index contributed by atoms with van der Waals surface area (Å²) >= 11 is 3.57. The molecule has 106 valence electrons. The van der Waals surface area contributed by atoms with Gasteiger partial charge in [0, 0.05) is 35.8 Å². The minimum Gasteiger partial charge on any atom is -0.370 e. The molecule has 0 amide bonds. The van der Waals surface area contributed by atoms with Crippen LogP contribution in [-0.4, -0.2) is 51.2 Å². The first-order chi connectivity index (χ1) is 9.04. The Morgan fingerprint density at radius 3 is 2.84 bits per heavy atom. The molecule has 1 heterocycles. The average molecular weight is 326 g/mol. The van der Waals surface area contributed by atoms with Gasteiger partial charge in [-0.3, -0.25) is 0 Å². The van der Waals surface area contributed by atoms with Gasteiger partial charge in [0.1, 0.15) is 0 Å². The minimum absolute atomic E-state index is 0.527. The van der Waals surface area contributed by atoms with Gasteiger partial charge in [0.05, 0.1) is 0 Å². The van der Waals surface area contributed by atoms with Crippen LogP contribution in [0.1, 0.15) is 6.92 Å². The van der Waals surface area contributed by atoms with Gasteiger partial charge >= 0.3 is 0 Å². The number of likely N-dealkylation sites (N-methyl/N-ethyl adjacent to an activating group) is 1. The largest absolute Gasteiger partial charge is 0.370 e. The first-order valence-corrected chi connectivity index (χ1v) is 7.72. The van der Waals surface area contributed by atoms with E-state index < -0.39 is 0 Å². The number of hydrogen-bond acceptors (Lipinski definition) is 3. The lowest BCUT2D eigenvalue weighted by Crippen LogP contribution is -2.44. The zero-order valence-corrected chi connectivity index (χ0v) is 13.7. The lowest BCUT2D eigenvalue weighted by molar-refractivity contribution is 0.342. The Balaban J connectivity index is 2.12. The Morgan fingerprint density at radius 1 is 1.37 bits per heavy atom. The molecule has 1 aliphatic heterocycles. The number of benzene rings is 1. The molecule has 3 nitrogen and oxygen atoms in total. The number of halogens is 1. The number of nitrogens with zero attached hydrogens (tertiary/aromatic N) is 2. The van der Waals surface area contributed by atoms with Gasteiger partial charge in [0.15, 0.2) is 0 Å². The summed E-state index contributed by atoms with van der Waals surface area (Å²) in [5.74, 6) is 0.672. The molecule has 1 saturated heterocycles. The lowest BCUT2D eigenvalue weighted by Gasteiger charge is -2.28. The molecule has 2 rings (SSSR count). The summed E-state index contributed by atoms with van der Waals surface area (Å²) in [6.07, 6.45) is 0. The van der Waals surface area contributed by atoms with Crippen molar-refractivity contribution in [2.24, 2.45) is 5.92 Å². The summed E-state index contributed by atoms with van der Waals surface area (Å²) in [4.78, 5) is 4.76. The van der Waals surface area contributed by atoms with Crippen molar-refractivity contribution in [3.63, 3.8) is 0 Å². The Hall–Kier alpha value is -0.580. The highest BCUT2D eigenvalue weighted by Crippen LogP contribution is 2.22. The van der Waals surface area contributed by atoms with E-state index in [9.17, 15) is 0 Å². The van der Waals surface area contributed by atoms with E-state index in [0.29, 0.717) is 12.0 Å². The topological polar surface area (TPSA) is 18.5 Å². The van der Waals surface area contributed by atoms with Gasteiger partial charge in [-0.05, 0) is 44.8 Å². The second-order valence-corrected chi connectivity index (χ2v) is 6.77. The molecule has 0 bridgehead atoms. The minimum atomic E-state index is 0.527. The fourth-order valence-electron chi connectivity index (χ4n) is 2.66. The highest BCUT2D eigenvalue weighted by molar-refractivity contribution is 9.10. The standard InChI is InChI=1S/C15H24BrN3/c1-12-8-17-14(10-18(2)3)11-19(9-12)15-6-4-5-13(16)7-15/h4-7,12,14,17H,8-11H2,1-3H3. The molecule has 1 aliphatic rings. The molecular weight excluding hydrogens is 302 g/mol. The first kappa shape index (κ1) is 14.8. The predicted octanol–water partition coefficient (Wildman–Crippen LogP) is 2.42. The van der Waals surface area contributed by atoms with Crippen molar-refractivity contribution in [2.45, 2.75) is 13.0 Å². The SMILES string of the molecule is CC1CNC(CN(C)C)CN(c2cccc(Br)c2)C1. The third kappa shape index (κ3) is 4.48. The lowest BCUT2D eigenvalue weighted by atomic mass is 10.1. The van der Waals surface area contributed by atoms with Crippen LogP contribution in [0.3, 0.4) is 0 Å². The van der Waals surface area contributed by atoms with Crippen molar-refractivity contribution in [2.75, 3.05) is 45.2 Å². The molecule has 2 unspecified atom stereocenters. The van der Waals surface area contributed by atoms with Crippen LogP contribution in [0.15, 0.2) is 28.7 Å². The van der Waals surface area contributed by atoms with E-state index in [1.54, 1.807) is 0 Å². The molecule has 1 aromatic carbocycles. The Kier molecular flexibility index (Phi) is 5.25.